The Morgan fingerprint density at radius 2 is 2.00 bits per heavy atom. The van der Waals surface area contributed by atoms with Crippen LogP contribution >= 0.6 is 0 Å². The van der Waals surface area contributed by atoms with Crippen LogP contribution in [0.3, 0.4) is 0 Å². The number of hydrogen-bond acceptors (Lipinski definition) is 3. The standard InChI is InChI=1S/C13H16F2N4/c1-13(2,3)16-7-10-8-19(18-17-10)12-6-9(14)4-5-11(12)15/h4-6,8,16H,7H2,1-3H3. The largest absolute Gasteiger partial charge is 0.306 e. The van der Waals surface area contributed by atoms with E-state index in [-0.39, 0.29) is 11.2 Å². The van der Waals surface area contributed by atoms with Gasteiger partial charge in [0, 0.05) is 18.2 Å². The maximum absolute atomic E-state index is 13.6. The SMILES string of the molecule is CC(C)(C)NCc1cn(-c2cc(F)ccc2F)nn1. The van der Waals surface area contributed by atoms with Crippen LogP contribution in [0.15, 0.2) is 24.4 Å². The highest BCUT2D eigenvalue weighted by molar-refractivity contribution is 5.32. The highest BCUT2D eigenvalue weighted by Crippen LogP contribution is 2.14. The maximum Gasteiger partial charge on any atom is 0.149 e. The third-order valence-corrected chi connectivity index (χ3v) is 2.50. The first-order valence-corrected chi connectivity index (χ1v) is 5.97. The van der Waals surface area contributed by atoms with Crippen LogP contribution in [-0.2, 0) is 6.54 Å². The van der Waals surface area contributed by atoms with Crippen LogP contribution < -0.4 is 5.32 Å². The molecule has 0 aliphatic carbocycles. The van der Waals surface area contributed by atoms with E-state index in [2.05, 4.69) is 15.6 Å². The Morgan fingerprint density at radius 3 is 2.68 bits per heavy atom. The lowest BCUT2D eigenvalue weighted by Gasteiger charge is -2.19. The molecule has 0 atom stereocenters. The Hall–Kier alpha value is -1.82. The number of halogens is 2. The fourth-order valence-electron chi connectivity index (χ4n) is 1.51. The van der Waals surface area contributed by atoms with Crippen molar-refractivity contribution < 1.29 is 8.78 Å². The Bertz CT molecular complexity index is 572. The lowest BCUT2D eigenvalue weighted by Crippen LogP contribution is -2.35. The molecule has 1 aromatic carbocycles. The van der Waals surface area contributed by atoms with Gasteiger partial charge in [-0.15, -0.1) is 5.10 Å². The molecular weight excluding hydrogens is 250 g/mol. The summed E-state index contributed by atoms with van der Waals surface area (Å²) >= 11 is 0. The van der Waals surface area contributed by atoms with Crippen LogP contribution in [0.1, 0.15) is 26.5 Å². The number of nitrogens with zero attached hydrogens (tertiary/aromatic N) is 3. The number of hydrogen-bond donors (Lipinski definition) is 1. The van der Waals surface area contributed by atoms with Crippen molar-refractivity contribution in [1.82, 2.24) is 20.3 Å². The van der Waals surface area contributed by atoms with Gasteiger partial charge in [-0.3, -0.25) is 0 Å². The quantitative estimate of drug-likeness (QED) is 0.927. The molecule has 0 spiro atoms. The Morgan fingerprint density at radius 1 is 1.26 bits per heavy atom. The number of benzene rings is 1. The van der Waals surface area contributed by atoms with Crippen LogP contribution in [0.25, 0.3) is 5.69 Å². The molecular formula is C13H16F2N4. The Labute approximate surface area is 110 Å². The van der Waals surface area contributed by atoms with Crippen molar-refractivity contribution >= 4 is 0 Å². The lowest BCUT2D eigenvalue weighted by molar-refractivity contribution is 0.421. The zero-order valence-corrected chi connectivity index (χ0v) is 11.1. The first kappa shape index (κ1) is 13.6. The fourth-order valence-corrected chi connectivity index (χ4v) is 1.51. The van der Waals surface area contributed by atoms with Gasteiger partial charge in [-0.25, -0.2) is 13.5 Å². The van der Waals surface area contributed by atoms with Crippen LogP contribution in [0.2, 0.25) is 0 Å². The molecule has 19 heavy (non-hydrogen) atoms. The van der Waals surface area contributed by atoms with Crippen molar-refractivity contribution in [2.45, 2.75) is 32.9 Å². The molecule has 0 amide bonds. The molecule has 1 heterocycles. The van der Waals surface area contributed by atoms with Crippen molar-refractivity contribution in [2.75, 3.05) is 0 Å². The second kappa shape index (κ2) is 5.05. The molecule has 6 heteroatoms. The summed E-state index contributed by atoms with van der Waals surface area (Å²) in [6.07, 6.45) is 1.58. The topological polar surface area (TPSA) is 42.7 Å². The molecule has 1 N–H and O–H groups in total. The van der Waals surface area contributed by atoms with Crippen LogP contribution in [0.5, 0.6) is 0 Å². The smallest absolute Gasteiger partial charge is 0.149 e. The van der Waals surface area contributed by atoms with Gasteiger partial charge >= 0.3 is 0 Å². The predicted octanol–water partition coefficient (Wildman–Crippen LogP) is 2.43. The summed E-state index contributed by atoms with van der Waals surface area (Å²) in [6, 6.07) is 3.22. The summed E-state index contributed by atoms with van der Waals surface area (Å²) in [7, 11) is 0. The molecule has 0 saturated carbocycles. The summed E-state index contributed by atoms with van der Waals surface area (Å²) in [5.74, 6) is -1.05. The van der Waals surface area contributed by atoms with E-state index in [0.717, 1.165) is 18.2 Å². The molecule has 0 fully saturated rings. The van der Waals surface area contributed by atoms with Gasteiger partial charge in [-0.2, -0.15) is 0 Å². The van der Waals surface area contributed by atoms with Crippen molar-refractivity contribution in [2.24, 2.45) is 0 Å². The van der Waals surface area contributed by atoms with Crippen molar-refractivity contribution in [3.8, 4) is 5.69 Å². The summed E-state index contributed by atoms with van der Waals surface area (Å²) in [5.41, 5.74) is 0.668. The maximum atomic E-state index is 13.6. The zero-order chi connectivity index (χ0) is 14.0. The first-order valence-electron chi connectivity index (χ1n) is 5.97. The molecule has 0 unspecified atom stereocenters. The number of rotatable bonds is 3. The lowest BCUT2D eigenvalue weighted by atomic mass is 10.1. The summed E-state index contributed by atoms with van der Waals surface area (Å²) in [5, 5.41) is 11.0. The van der Waals surface area contributed by atoms with E-state index in [1.165, 1.54) is 4.68 Å². The van der Waals surface area contributed by atoms with Crippen LogP contribution in [0, 0.1) is 11.6 Å². The Balaban J connectivity index is 2.19. The van der Waals surface area contributed by atoms with Gasteiger partial charge in [0.1, 0.15) is 17.3 Å². The predicted molar refractivity (Wildman–Crippen MR) is 67.9 cm³/mol. The molecule has 4 nitrogen and oxygen atoms in total. The van der Waals surface area contributed by atoms with Crippen LogP contribution in [-0.4, -0.2) is 20.5 Å². The first-order chi connectivity index (χ1) is 8.85. The summed E-state index contributed by atoms with van der Waals surface area (Å²) < 4.78 is 27.9. The molecule has 0 saturated heterocycles. The van der Waals surface area contributed by atoms with Crippen LogP contribution in [0.4, 0.5) is 8.78 Å². The molecule has 0 bridgehead atoms. The zero-order valence-electron chi connectivity index (χ0n) is 11.1. The minimum atomic E-state index is -0.540. The monoisotopic (exact) mass is 266 g/mol. The average Bonchev–Trinajstić information content (AvgIpc) is 2.77. The molecule has 0 aliphatic rings. The molecule has 102 valence electrons. The van der Waals surface area contributed by atoms with Gasteiger partial charge in [-0.1, -0.05) is 5.21 Å². The van der Waals surface area contributed by atoms with E-state index in [0.29, 0.717) is 12.2 Å². The minimum Gasteiger partial charge on any atom is -0.306 e. The van der Waals surface area contributed by atoms with Gasteiger partial charge in [0.25, 0.3) is 0 Å². The second-order valence-corrected chi connectivity index (χ2v) is 5.35. The van der Waals surface area contributed by atoms with Gasteiger partial charge in [-0.05, 0) is 32.9 Å². The molecule has 2 aromatic rings. The third kappa shape index (κ3) is 3.57. The van der Waals surface area contributed by atoms with Gasteiger partial charge in [0.05, 0.1) is 11.9 Å². The third-order valence-electron chi connectivity index (χ3n) is 2.50. The average molecular weight is 266 g/mol. The highest BCUT2D eigenvalue weighted by Gasteiger charge is 2.12. The minimum absolute atomic E-state index is 0.0477. The van der Waals surface area contributed by atoms with Crippen molar-refractivity contribution in [3.63, 3.8) is 0 Å². The van der Waals surface area contributed by atoms with E-state index in [4.69, 9.17) is 0 Å². The van der Waals surface area contributed by atoms with Gasteiger partial charge < -0.3 is 5.32 Å². The van der Waals surface area contributed by atoms with E-state index in [1.807, 2.05) is 20.8 Å². The van der Waals surface area contributed by atoms with E-state index >= 15 is 0 Å². The number of nitrogens with one attached hydrogen (secondary N) is 1. The number of aromatic nitrogens is 3. The summed E-state index contributed by atoms with van der Waals surface area (Å²) in [4.78, 5) is 0. The fraction of sp³-hybridized carbons (Fsp3) is 0.385. The highest BCUT2D eigenvalue weighted by atomic mass is 19.1. The molecule has 1 aromatic heterocycles. The second-order valence-electron chi connectivity index (χ2n) is 5.35. The molecule has 0 radical (unpaired) electrons. The van der Waals surface area contributed by atoms with Crippen molar-refractivity contribution in [3.05, 3.63) is 41.7 Å². The molecule has 2 rings (SSSR count). The van der Waals surface area contributed by atoms with Gasteiger partial charge in [0.2, 0.25) is 0 Å². The summed E-state index contributed by atoms with van der Waals surface area (Å²) in [6.45, 7) is 6.61. The normalized spacial score (nSPS) is 11.8. The molecule has 0 aliphatic heterocycles. The van der Waals surface area contributed by atoms with E-state index < -0.39 is 11.6 Å². The van der Waals surface area contributed by atoms with Crippen molar-refractivity contribution in [1.29, 1.82) is 0 Å². The van der Waals surface area contributed by atoms with E-state index in [1.54, 1.807) is 6.20 Å². The van der Waals surface area contributed by atoms with Gasteiger partial charge in [0.15, 0.2) is 0 Å². The Kier molecular flexibility index (Phi) is 3.61. The van der Waals surface area contributed by atoms with E-state index in [9.17, 15) is 8.78 Å².